The maximum atomic E-state index is 5.41. The molecule has 0 unspecified atom stereocenters. The summed E-state index contributed by atoms with van der Waals surface area (Å²) in [5.74, 6) is 3.31. The molecule has 0 radical (unpaired) electrons. The number of piperazine rings is 1. The quantitative estimate of drug-likeness (QED) is 0.657. The molecule has 8 heteroatoms. The van der Waals surface area contributed by atoms with Crippen molar-refractivity contribution in [3.05, 3.63) is 60.4 Å². The molecular formula is C21H25N7O. The fourth-order valence-corrected chi connectivity index (χ4v) is 3.42. The average Bonchev–Trinajstić information content (AvgIpc) is 2.80. The Morgan fingerprint density at radius 3 is 2.59 bits per heavy atom. The van der Waals surface area contributed by atoms with Gasteiger partial charge < -0.3 is 19.9 Å². The van der Waals surface area contributed by atoms with Crippen molar-refractivity contribution in [3.8, 4) is 5.75 Å². The first kappa shape index (κ1) is 18.9. The summed E-state index contributed by atoms with van der Waals surface area (Å²) in [5.41, 5.74) is 1.16. The van der Waals surface area contributed by atoms with E-state index in [-0.39, 0.29) is 0 Å². The molecule has 3 aromatic rings. The molecule has 0 spiro atoms. The van der Waals surface area contributed by atoms with Crippen LogP contribution in [0.1, 0.15) is 5.56 Å². The number of pyridine rings is 1. The van der Waals surface area contributed by atoms with Gasteiger partial charge in [0.2, 0.25) is 5.95 Å². The minimum atomic E-state index is 0.660. The summed E-state index contributed by atoms with van der Waals surface area (Å²) in [7, 11) is 1.69. The number of nitrogens with one attached hydrogen (secondary N) is 1. The Labute approximate surface area is 170 Å². The van der Waals surface area contributed by atoms with Crippen molar-refractivity contribution in [2.75, 3.05) is 55.0 Å². The third-order valence-electron chi connectivity index (χ3n) is 4.98. The largest absolute Gasteiger partial charge is 0.496 e. The highest BCUT2D eigenvalue weighted by Crippen LogP contribution is 2.19. The Balaban J connectivity index is 1.32. The van der Waals surface area contributed by atoms with Gasteiger partial charge in [-0.1, -0.05) is 24.3 Å². The van der Waals surface area contributed by atoms with Gasteiger partial charge in [0, 0.05) is 38.9 Å². The molecular weight excluding hydrogens is 366 g/mol. The maximum absolute atomic E-state index is 5.41. The second-order valence-corrected chi connectivity index (χ2v) is 6.79. The Bertz CT molecular complexity index is 914. The first-order chi connectivity index (χ1) is 14.3. The summed E-state index contributed by atoms with van der Waals surface area (Å²) in [6, 6.07) is 14.0. The smallest absolute Gasteiger partial charge is 0.247 e. The van der Waals surface area contributed by atoms with E-state index in [1.54, 1.807) is 13.3 Å². The summed E-state index contributed by atoms with van der Waals surface area (Å²) in [5, 5.41) is 11.7. The van der Waals surface area contributed by atoms with Crippen LogP contribution in [0.5, 0.6) is 5.75 Å². The first-order valence-corrected chi connectivity index (χ1v) is 9.80. The highest BCUT2D eigenvalue weighted by molar-refractivity contribution is 5.44. The molecule has 29 heavy (non-hydrogen) atoms. The van der Waals surface area contributed by atoms with Crippen molar-refractivity contribution in [1.82, 2.24) is 20.2 Å². The third kappa shape index (κ3) is 4.71. The molecule has 1 saturated heterocycles. The molecule has 0 saturated carbocycles. The van der Waals surface area contributed by atoms with Crippen LogP contribution in [0, 0.1) is 0 Å². The van der Waals surface area contributed by atoms with E-state index in [9.17, 15) is 0 Å². The third-order valence-corrected chi connectivity index (χ3v) is 4.98. The van der Waals surface area contributed by atoms with Gasteiger partial charge in [-0.2, -0.15) is 10.1 Å². The molecule has 4 rings (SSSR count). The Morgan fingerprint density at radius 2 is 1.79 bits per heavy atom. The van der Waals surface area contributed by atoms with Crippen LogP contribution in [0.3, 0.4) is 0 Å². The van der Waals surface area contributed by atoms with Crippen LogP contribution in [0.25, 0.3) is 0 Å². The predicted molar refractivity (Wildman–Crippen MR) is 114 cm³/mol. The molecule has 1 fully saturated rings. The van der Waals surface area contributed by atoms with E-state index >= 15 is 0 Å². The van der Waals surface area contributed by atoms with Gasteiger partial charge in [0.05, 0.1) is 13.3 Å². The van der Waals surface area contributed by atoms with Crippen LogP contribution in [0.4, 0.5) is 17.6 Å². The maximum Gasteiger partial charge on any atom is 0.247 e. The number of rotatable bonds is 7. The van der Waals surface area contributed by atoms with Crippen molar-refractivity contribution in [1.29, 1.82) is 0 Å². The fraction of sp³-hybridized carbons (Fsp3) is 0.333. The number of hydrogen-bond acceptors (Lipinski definition) is 8. The van der Waals surface area contributed by atoms with E-state index in [2.05, 4.69) is 41.3 Å². The number of nitrogens with zero attached hydrogens (tertiary/aromatic N) is 6. The lowest BCUT2D eigenvalue weighted by atomic mass is 10.1. The molecule has 1 N–H and O–H groups in total. The van der Waals surface area contributed by atoms with Gasteiger partial charge >= 0.3 is 0 Å². The fourth-order valence-electron chi connectivity index (χ4n) is 3.42. The molecule has 1 aliphatic heterocycles. The van der Waals surface area contributed by atoms with E-state index in [1.165, 1.54) is 0 Å². The van der Waals surface area contributed by atoms with E-state index < -0.39 is 0 Å². The molecule has 0 amide bonds. The molecule has 8 nitrogen and oxygen atoms in total. The molecule has 2 aromatic heterocycles. The summed E-state index contributed by atoms with van der Waals surface area (Å²) in [6.07, 6.45) is 4.33. The van der Waals surface area contributed by atoms with Crippen molar-refractivity contribution in [2.24, 2.45) is 0 Å². The zero-order valence-corrected chi connectivity index (χ0v) is 16.5. The van der Waals surface area contributed by atoms with Crippen LogP contribution < -0.4 is 19.9 Å². The summed E-state index contributed by atoms with van der Waals surface area (Å²) in [4.78, 5) is 13.5. The van der Waals surface area contributed by atoms with E-state index in [0.717, 1.165) is 62.1 Å². The van der Waals surface area contributed by atoms with Gasteiger partial charge in [0.1, 0.15) is 11.6 Å². The van der Waals surface area contributed by atoms with E-state index in [4.69, 9.17) is 4.74 Å². The lowest BCUT2D eigenvalue weighted by molar-refractivity contribution is 0.410. The second-order valence-electron chi connectivity index (χ2n) is 6.79. The monoisotopic (exact) mass is 391 g/mol. The predicted octanol–water partition coefficient (Wildman–Crippen LogP) is 2.26. The highest BCUT2D eigenvalue weighted by Gasteiger charge is 2.20. The molecule has 0 bridgehead atoms. The lowest BCUT2D eigenvalue weighted by Crippen LogP contribution is -2.47. The van der Waals surface area contributed by atoms with Crippen LogP contribution in [-0.4, -0.2) is 60.0 Å². The number of benzene rings is 1. The topological polar surface area (TPSA) is 79.3 Å². The minimum Gasteiger partial charge on any atom is -0.496 e. The van der Waals surface area contributed by atoms with Gasteiger partial charge in [-0.15, -0.1) is 5.10 Å². The SMILES string of the molecule is COc1ccccc1CCNc1cnnc(N2CCN(c3ccccn3)CC2)n1. The normalized spacial score (nSPS) is 14.0. The number of para-hydroxylation sites is 1. The van der Waals surface area contributed by atoms with E-state index in [1.807, 2.05) is 42.6 Å². The molecule has 0 aliphatic carbocycles. The zero-order valence-electron chi connectivity index (χ0n) is 16.5. The minimum absolute atomic E-state index is 0.660. The lowest BCUT2D eigenvalue weighted by Gasteiger charge is -2.35. The van der Waals surface area contributed by atoms with Crippen LogP contribution in [-0.2, 0) is 6.42 Å². The number of hydrogen-bond donors (Lipinski definition) is 1. The molecule has 150 valence electrons. The van der Waals surface area contributed by atoms with Gasteiger partial charge in [0.15, 0.2) is 5.82 Å². The Hall–Kier alpha value is -3.42. The Kier molecular flexibility index (Phi) is 5.99. The highest BCUT2D eigenvalue weighted by atomic mass is 16.5. The standard InChI is InChI=1S/C21H25N7O/c1-29-18-7-3-2-6-17(18)9-11-22-19-16-24-26-21(25-19)28-14-12-27(13-15-28)20-8-4-5-10-23-20/h2-8,10,16H,9,11-15H2,1H3,(H,22,25,26). The Morgan fingerprint density at radius 1 is 1.00 bits per heavy atom. The number of anilines is 3. The summed E-state index contributed by atoms with van der Waals surface area (Å²) < 4.78 is 5.41. The molecule has 1 aliphatic rings. The zero-order chi connectivity index (χ0) is 19.9. The number of methoxy groups -OCH3 is 1. The average molecular weight is 391 g/mol. The second kappa shape index (κ2) is 9.18. The van der Waals surface area contributed by atoms with Crippen LogP contribution >= 0.6 is 0 Å². The summed E-state index contributed by atoms with van der Waals surface area (Å²) in [6.45, 7) is 4.18. The van der Waals surface area contributed by atoms with Crippen molar-refractivity contribution in [3.63, 3.8) is 0 Å². The van der Waals surface area contributed by atoms with Crippen molar-refractivity contribution in [2.45, 2.75) is 6.42 Å². The molecule has 1 aromatic carbocycles. The molecule has 0 atom stereocenters. The van der Waals surface area contributed by atoms with Gasteiger partial charge in [0.25, 0.3) is 0 Å². The van der Waals surface area contributed by atoms with Crippen LogP contribution in [0.2, 0.25) is 0 Å². The molecule has 3 heterocycles. The number of aromatic nitrogens is 4. The van der Waals surface area contributed by atoms with Gasteiger partial charge in [-0.3, -0.25) is 0 Å². The van der Waals surface area contributed by atoms with Gasteiger partial charge in [-0.05, 0) is 30.2 Å². The van der Waals surface area contributed by atoms with Crippen molar-refractivity contribution < 1.29 is 4.74 Å². The van der Waals surface area contributed by atoms with E-state index in [0.29, 0.717) is 5.95 Å². The first-order valence-electron chi connectivity index (χ1n) is 9.80. The van der Waals surface area contributed by atoms with Gasteiger partial charge in [-0.25, -0.2) is 4.98 Å². The van der Waals surface area contributed by atoms with Crippen LogP contribution in [0.15, 0.2) is 54.9 Å². The summed E-state index contributed by atoms with van der Waals surface area (Å²) >= 11 is 0. The van der Waals surface area contributed by atoms with Crippen molar-refractivity contribution >= 4 is 17.6 Å². The number of ether oxygens (including phenoxy) is 1.